The zero-order valence-electron chi connectivity index (χ0n) is 13.3. The van der Waals surface area contributed by atoms with Gasteiger partial charge in [0.25, 0.3) is 0 Å². The minimum atomic E-state index is 0.154. The Bertz CT molecular complexity index is 459. The fourth-order valence-electron chi connectivity index (χ4n) is 2.83. The molecule has 20 heavy (non-hydrogen) atoms. The normalized spacial score (nSPS) is 25.4. The lowest BCUT2D eigenvalue weighted by atomic mass is 9.85. The van der Waals surface area contributed by atoms with E-state index in [9.17, 15) is 0 Å². The van der Waals surface area contributed by atoms with Crippen molar-refractivity contribution in [1.82, 2.24) is 5.32 Å². The fraction of sp³-hybridized carbons (Fsp3) is 0.647. The third-order valence-corrected chi connectivity index (χ3v) is 4.22. The summed E-state index contributed by atoms with van der Waals surface area (Å²) in [5.41, 5.74) is 3.77. The fourth-order valence-corrected chi connectivity index (χ4v) is 2.83. The predicted molar refractivity (Wildman–Crippen MR) is 82.6 cm³/mol. The molecule has 3 unspecified atom stereocenters. The molecule has 3 nitrogen and oxygen atoms in total. The maximum absolute atomic E-state index is 6.19. The molecule has 0 amide bonds. The van der Waals surface area contributed by atoms with Crippen molar-refractivity contribution in [2.75, 3.05) is 13.7 Å². The molecular weight excluding hydrogens is 250 g/mol. The third kappa shape index (κ3) is 3.15. The molecule has 3 heteroatoms. The largest absolute Gasteiger partial charge is 0.487 e. The van der Waals surface area contributed by atoms with Crippen LogP contribution < -0.4 is 10.1 Å². The van der Waals surface area contributed by atoms with Crippen molar-refractivity contribution in [3.05, 3.63) is 28.8 Å². The quantitative estimate of drug-likeness (QED) is 0.866. The lowest BCUT2D eigenvalue weighted by Gasteiger charge is -2.43. The van der Waals surface area contributed by atoms with E-state index in [2.05, 4.69) is 45.1 Å². The Morgan fingerprint density at radius 3 is 2.65 bits per heavy atom. The molecule has 0 radical (unpaired) electrons. The highest BCUT2D eigenvalue weighted by Crippen LogP contribution is 2.32. The number of benzene rings is 1. The molecule has 1 aliphatic rings. The molecule has 1 N–H and O–H groups in total. The summed E-state index contributed by atoms with van der Waals surface area (Å²) >= 11 is 0. The van der Waals surface area contributed by atoms with Crippen LogP contribution in [0.2, 0.25) is 0 Å². The molecule has 0 saturated heterocycles. The monoisotopic (exact) mass is 277 g/mol. The molecule has 0 bridgehead atoms. The lowest BCUT2D eigenvalue weighted by molar-refractivity contribution is -0.0889. The summed E-state index contributed by atoms with van der Waals surface area (Å²) in [6, 6.07) is 4.75. The number of nitrogens with one attached hydrogen (secondary N) is 1. The first-order valence-corrected chi connectivity index (χ1v) is 7.57. The van der Waals surface area contributed by atoms with Gasteiger partial charge in [-0.3, -0.25) is 0 Å². The number of ether oxygens (including phenoxy) is 2. The maximum Gasteiger partial charge on any atom is 0.128 e. The minimum absolute atomic E-state index is 0.154. The average molecular weight is 277 g/mol. The SMILES string of the molecule is CCCNC1CC(Oc2cc(C)cc(C)c2C)C1OC. The Hall–Kier alpha value is -1.06. The van der Waals surface area contributed by atoms with Gasteiger partial charge in [0.05, 0.1) is 0 Å². The maximum atomic E-state index is 6.19. The molecule has 1 saturated carbocycles. The van der Waals surface area contributed by atoms with Crippen LogP contribution in [0.3, 0.4) is 0 Å². The van der Waals surface area contributed by atoms with Gasteiger partial charge in [-0.25, -0.2) is 0 Å². The molecule has 3 atom stereocenters. The van der Waals surface area contributed by atoms with Crippen LogP contribution in [0, 0.1) is 20.8 Å². The summed E-state index contributed by atoms with van der Waals surface area (Å²) in [7, 11) is 1.77. The molecule has 0 heterocycles. The first-order valence-electron chi connectivity index (χ1n) is 7.57. The number of methoxy groups -OCH3 is 1. The van der Waals surface area contributed by atoms with E-state index in [-0.39, 0.29) is 12.2 Å². The first kappa shape index (κ1) is 15.3. The van der Waals surface area contributed by atoms with E-state index < -0.39 is 0 Å². The second-order valence-electron chi connectivity index (χ2n) is 5.86. The van der Waals surface area contributed by atoms with Gasteiger partial charge in [0.2, 0.25) is 0 Å². The third-order valence-electron chi connectivity index (χ3n) is 4.22. The number of aryl methyl sites for hydroxylation is 2. The van der Waals surface area contributed by atoms with Gasteiger partial charge >= 0.3 is 0 Å². The Morgan fingerprint density at radius 2 is 2.00 bits per heavy atom. The first-order chi connectivity index (χ1) is 9.56. The summed E-state index contributed by atoms with van der Waals surface area (Å²) in [4.78, 5) is 0. The van der Waals surface area contributed by atoms with Crippen LogP contribution in [0.15, 0.2) is 12.1 Å². The zero-order chi connectivity index (χ0) is 14.7. The number of hydrogen-bond donors (Lipinski definition) is 1. The van der Waals surface area contributed by atoms with Crippen molar-refractivity contribution >= 4 is 0 Å². The van der Waals surface area contributed by atoms with Crippen LogP contribution in [0.4, 0.5) is 0 Å². The number of hydrogen-bond acceptors (Lipinski definition) is 3. The molecule has 1 fully saturated rings. The van der Waals surface area contributed by atoms with Crippen molar-refractivity contribution in [2.45, 2.75) is 58.8 Å². The molecule has 1 aromatic carbocycles. The van der Waals surface area contributed by atoms with Gasteiger partial charge in [-0.15, -0.1) is 0 Å². The molecule has 1 aliphatic carbocycles. The molecular formula is C17H27NO2. The minimum Gasteiger partial charge on any atom is -0.487 e. The standard InChI is InChI=1S/C17H27NO2/c1-6-7-18-14-10-16(17(14)19-5)20-15-9-11(2)8-12(3)13(15)4/h8-9,14,16-18H,6-7,10H2,1-5H3. The van der Waals surface area contributed by atoms with E-state index in [0.29, 0.717) is 6.04 Å². The topological polar surface area (TPSA) is 30.5 Å². The molecule has 0 aromatic heterocycles. The second-order valence-corrected chi connectivity index (χ2v) is 5.86. The second kappa shape index (κ2) is 6.59. The van der Waals surface area contributed by atoms with Crippen LogP contribution in [0.1, 0.15) is 36.5 Å². The molecule has 2 rings (SSSR count). The summed E-state index contributed by atoms with van der Waals surface area (Å²) in [6.45, 7) is 9.59. The Kier molecular flexibility index (Phi) is 5.06. The summed E-state index contributed by atoms with van der Waals surface area (Å²) < 4.78 is 11.8. The summed E-state index contributed by atoms with van der Waals surface area (Å²) in [5, 5.41) is 3.52. The van der Waals surface area contributed by atoms with Gasteiger partial charge in [-0.1, -0.05) is 13.0 Å². The molecule has 112 valence electrons. The van der Waals surface area contributed by atoms with Crippen LogP contribution in [0.5, 0.6) is 5.75 Å². The van der Waals surface area contributed by atoms with E-state index >= 15 is 0 Å². The molecule has 0 spiro atoms. The van der Waals surface area contributed by atoms with E-state index in [1.807, 2.05) is 0 Å². The van der Waals surface area contributed by atoms with Crippen molar-refractivity contribution < 1.29 is 9.47 Å². The van der Waals surface area contributed by atoms with E-state index in [0.717, 1.165) is 25.1 Å². The average Bonchev–Trinajstić information content (AvgIpc) is 2.38. The van der Waals surface area contributed by atoms with Crippen molar-refractivity contribution in [3.8, 4) is 5.75 Å². The van der Waals surface area contributed by atoms with E-state index in [4.69, 9.17) is 9.47 Å². The van der Waals surface area contributed by atoms with Crippen molar-refractivity contribution in [3.63, 3.8) is 0 Å². The van der Waals surface area contributed by atoms with Gasteiger partial charge in [0, 0.05) is 19.6 Å². The highest BCUT2D eigenvalue weighted by atomic mass is 16.5. The predicted octanol–water partition coefficient (Wildman–Crippen LogP) is 3.15. The van der Waals surface area contributed by atoms with E-state index in [1.54, 1.807) is 7.11 Å². The van der Waals surface area contributed by atoms with Crippen LogP contribution >= 0.6 is 0 Å². The highest BCUT2D eigenvalue weighted by Gasteiger charge is 2.43. The molecule has 0 aliphatic heterocycles. The highest BCUT2D eigenvalue weighted by molar-refractivity contribution is 5.42. The van der Waals surface area contributed by atoms with Gasteiger partial charge in [0.15, 0.2) is 0 Å². The van der Waals surface area contributed by atoms with Crippen LogP contribution in [0.25, 0.3) is 0 Å². The van der Waals surface area contributed by atoms with Crippen molar-refractivity contribution in [2.24, 2.45) is 0 Å². The smallest absolute Gasteiger partial charge is 0.128 e. The Morgan fingerprint density at radius 1 is 1.25 bits per heavy atom. The zero-order valence-corrected chi connectivity index (χ0v) is 13.3. The number of rotatable bonds is 6. The molecule has 1 aromatic rings. The van der Waals surface area contributed by atoms with Gasteiger partial charge in [-0.05, 0) is 56.5 Å². The van der Waals surface area contributed by atoms with Crippen molar-refractivity contribution in [1.29, 1.82) is 0 Å². The van der Waals surface area contributed by atoms with E-state index in [1.165, 1.54) is 16.7 Å². The lowest BCUT2D eigenvalue weighted by Crippen LogP contribution is -2.61. The van der Waals surface area contributed by atoms with Gasteiger partial charge in [-0.2, -0.15) is 0 Å². The van der Waals surface area contributed by atoms with Crippen LogP contribution in [-0.2, 0) is 4.74 Å². The van der Waals surface area contributed by atoms with Gasteiger partial charge < -0.3 is 14.8 Å². The Balaban J connectivity index is 2.01. The summed E-state index contributed by atoms with van der Waals surface area (Å²) in [6.07, 6.45) is 2.48. The van der Waals surface area contributed by atoms with Gasteiger partial charge in [0.1, 0.15) is 18.0 Å². The van der Waals surface area contributed by atoms with Crippen LogP contribution in [-0.4, -0.2) is 31.9 Å². The Labute approximate surface area is 122 Å². The summed E-state index contributed by atoms with van der Waals surface area (Å²) in [5.74, 6) is 1.00.